The van der Waals surface area contributed by atoms with Crippen molar-refractivity contribution in [1.29, 1.82) is 0 Å². The maximum atomic E-state index is 11.4. The first-order valence-corrected chi connectivity index (χ1v) is 3.80. The number of hydrogen-bond donors (Lipinski definition) is 3. The van der Waals surface area contributed by atoms with Gasteiger partial charge in [0, 0.05) is 12.4 Å². The number of anilines is 1. The first-order chi connectivity index (χ1) is 6.36. The molecule has 0 unspecified atom stereocenters. The second kappa shape index (κ2) is 3.14. The molecule has 0 aliphatic rings. The number of rotatable bonds is 2. The first-order valence-electron chi connectivity index (χ1n) is 3.80. The standard InChI is InChI=1S/C8H8N4O/c13-8(7-2-1-3-9-7)12-6-4-10-11-5-6/h1-5,9H,(H,10,11)(H,12,13). The van der Waals surface area contributed by atoms with E-state index in [2.05, 4.69) is 20.5 Å². The second-order valence-corrected chi connectivity index (χ2v) is 2.52. The molecule has 13 heavy (non-hydrogen) atoms. The first kappa shape index (κ1) is 7.60. The number of aromatic amines is 2. The molecule has 0 spiro atoms. The number of hydrogen-bond acceptors (Lipinski definition) is 2. The van der Waals surface area contributed by atoms with Gasteiger partial charge < -0.3 is 10.3 Å². The molecule has 5 nitrogen and oxygen atoms in total. The zero-order chi connectivity index (χ0) is 9.10. The van der Waals surface area contributed by atoms with Crippen LogP contribution in [0.4, 0.5) is 5.69 Å². The highest BCUT2D eigenvalue weighted by atomic mass is 16.1. The fourth-order valence-corrected chi connectivity index (χ4v) is 0.989. The predicted octanol–water partition coefficient (Wildman–Crippen LogP) is 0.990. The van der Waals surface area contributed by atoms with Crippen LogP contribution < -0.4 is 5.32 Å². The van der Waals surface area contributed by atoms with Crippen LogP contribution in [-0.2, 0) is 0 Å². The van der Waals surface area contributed by atoms with E-state index in [1.807, 2.05) is 0 Å². The van der Waals surface area contributed by atoms with E-state index in [4.69, 9.17) is 0 Å². The fraction of sp³-hybridized carbons (Fsp3) is 0. The molecule has 2 aromatic heterocycles. The number of aromatic nitrogens is 3. The van der Waals surface area contributed by atoms with Crippen LogP contribution in [0.1, 0.15) is 10.5 Å². The third kappa shape index (κ3) is 1.58. The van der Waals surface area contributed by atoms with E-state index in [0.29, 0.717) is 11.4 Å². The molecule has 2 rings (SSSR count). The quantitative estimate of drug-likeness (QED) is 0.638. The van der Waals surface area contributed by atoms with Crippen LogP contribution in [0.15, 0.2) is 30.7 Å². The average molecular weight is 176 g/mol. The molecule has 0 aliphatic heterocycles. The van der Waals surface area contributed by atoms with Crippen molar-refractivity contribution in [2.24, 2.45) is 0 Å². The van der Waals surface area contributed by atoms with E-state index in [-0.39, 0.29) is 5.91 Å². The molecule has 1 amide bonds. The summed E-state index contributed by atoms with van der Waals surface area (Å²) in [5, 5.41) is 8.97. The smallest absolute Gasteiger partial charge is 0.272 e. The van der Waals surface area contributed by atoms with E-state index in [1.54, 1.807) is 30.7 Å². The van der Waals surface area contributed by atoms with Gasteiger partial charge in [0.15, 0.2) is 0 Å². The lowest BCUT2D eigenvalue weighted by Crippen LogP contribution is -2.11. The SMILES string of the molecule is O=C(Nc1cn[nH]c1)c1ccc[nH]1. The summed E-state index contributed by atoms with van der Waals surface area (Å²) in [6, 6.07) is 3.47. The molecule has 66 valence electrons. The molecule has 0 bridgehead atoms. The van der Waals surface area contributed by atoms with Crippen molar-refractivity contribution in [2.45, 2.75) is 0 Å². The molecule has 0 aliphatic carbocycles. The van der Waals surface area contributed by atoms with E-state index >= 15 is 0 Å². The summed E-state index contributed by atoms with van der Waals surface area (Å²) >= 11 is 0. The maximum absolute atomic E-state index is 11.4. The molecule has 0 fully saturated rings. The molecular weight excluding hydrogens is 168 g/mol. The molecule has 0 radical (unpaired) electrons. The van der Waals surface area contributed by atoms with Crippen molar-refractivity contribution in [1.82, 2.24) is 15.2 Å². The van der Waals surface area contributed by atoms with Gasteiger partial charge >= 0.3 is 0 Å². The second-order valence-electron chi connectivity index (χ2n) is 2.52. The third-order valence-electron chi connectivity index (χ3n) is 1.60. The van der Waals surface area contributed by atoms with Crippen LogP contribution in [0.25, 0.3) is 0 Å². The Balaban J connectivity index is 2.08. The lowest BCUT2D eigenvalue weighted by Gasteiger charge is -1.97. The Morgan fingerprint density at radius 2 is 2.46 bits per heavy atom. The summed E-state index contributed by atoms with van der Waals surface area (Å²) in [6.07, 6.45) is 4.85. The number of nitrogens with zero attached hydrogens (tertiary/aromatic N) is 1. The Hall–Kier alpha value is -2.04. The van der Waals surface area contributed by atoms with Crippen LogP contribution in [-0.4, -0.2) is 21.1 Å². The van der Waals surface area contributed by atoms with Gasteiger partial charge in [-0.15, -0.1) is 0 Å². The van der Waals surface area contributed by atoms with E-state index in [1.165, 1.54) is 0 Å². The van der Waals surface area contributed by atoms with E-state index < -0.39 is 0 Å². The third-order valence-corrected chi connectivity index (χ3v) is 1.60. The minimum absolute atomic E-state index is 0.175. The van der Waals surface area contributed by atoms with E-state index in [0.717, 1.165) is 0 Å². The number of amides is 1. The van der Waals surface area contributed by atoms with Crippen molar-refractivity contribution in [3.63, 3.8) is 0 Å². The number of carbonyl (C=O) groups is 1. The molecular formula is C8H8N4O. The van der Waals surface area contributed by atoms with Gasteiger partial charge in [-0.2, -0.15) is 5.10 Å². The normalized spacial score (nSPS) is 9.85. The Bertz CT molecular complexity index is 376. The average Bonchev–Trinajstić information content (AvgIpc) is 2.74. The van der Waals surface area contributed by atoms with Crippen molar-refractivity contribution in [3.8, 4) is 0 Å². The zero-order valence-corrected chi connectivity index (χ0v) is 6.74. The maximum Gasteiger partial charge on any atom is 0.272 e. The van der Waals surface area contributed by atoms with Gasteiger partial charge in [0.1, 0.15) is 5.69 Å². The van der Waals surface area contributed by atoms with Gasteiger partial charge in [-0.25, -0.2) is 0 Å². The summed E-state index contributed by atoms with van der Waals surface area (Å²) in [5.41, 5.74) is 1.18. The molecule has 0 saturated heterocycles. The number of nitrogens with one attached hydrogen (secondary N) is 3. The highest BCUT2D eigenvalue weighted by molar-refractivity contribution is 6.02. The van der Waals surface area contributed by atoms with Crippen LogP contribution in [0, 0.1) is 0 Å². The Labute approximate surface area is 74.2 Å². The van der Waals surface area contributed by atoms with Crippen molar-refractivity contribution in [2.75, 3.05) is 5.32 Å². The number of carbonyl (C=O) groups excluding carboxylic acids is 1. The Kier molecular flexibility index (Phi) is 1.84. The van der Waals surface area contributed by atoms with Gasteiger partial charge in [-0.3, -0.25) is 9.89 Å². The van der Waals surface area contributed by atoms with E-state index in [9.17, 15) is 4.79 Å². The fourth-order valence-electron chi connectivity index (χ4n) is 0.989. The summed E-state index contributed by atoms with van der Waals surface area (Å²) in [5.74, 6) is -0.175. The summed E-state index contributed by atoms with van der Waals surface area (Å²) < 4.78 is 0. The summed E-state index contributed by atoms with van der Waals surface area (Å²) in [6.45, 7) is 0. The summed E-state index contributed by atoms with van der Waals surface area (Å²) in [7, 11) is 0. The minimum atomic E-state index is -0.175. The predicted molar refractivity (Wildman–Crippen MR) is 47.3 cm³/mol. The molecule has 5 heteroatoms. The zero-order valence-electron chi connectivity index (χ0n) is 6.74. The lowest BCUT2D eigenvalue weighted by molar-refractivity contribution is 0.102. The van der Waals surface area contributed by atoms with Crippen molar-refractivity contribution < 1.29 is 4.79 Å². The van der Waals surface area contributed by atoms with Crippen molar-refractivity contribution >= 4 is 11.6 Å². The number of H-pyrrole nitrogens is 2. The van der Waals surface area contributed by atoms with Crippen molar-refractivity contribution in [3.05, 3.63) is 36.4 Å². The summed E-state index contributed by atoms with van der Waals surface area (Å²) in [4.78, 5) is 14.2. The molecule has 2 heterocycles. The highest BCUT2D eigenvalue weighted by Crippen LogP contribution is 2.04. The van der Waals surface area contributed by atoms with Crippen LogP contribution in [0.2, 0.25) is 0 Å². The Morgan fingerprint density at radius 3 is 3.08 bits per heavy atom. The largest absolute Gasteiger partial charge is 0.357 e. The van der Waals surface area contributed by atoms with Gasteiger partial charge in [0.05, 0.1) is 11.9 Å². The molecule has 0 aromatic carbocycles. The van der Waals surface area contributed by atoms with Gasteiger partial charge in [0.2, 0.25) is 0 Å². The Morgan fingerprint density at radius 1 is 1.54 bits per heavy atom. The molecule has 0 saturated carbocycles. The van der Waals surface area contributed by atoms with Crippen LogP contribution >= 0.6 is 0 Å². The lowest BCUT2D eigenvalue weighted by atomic mass is 10.4. The van der Waals surface area contributed by atoms with Gasteiger partial charge in [-0.05, 0) is 12.1 Å². The molecule has 0 atom stereocenters. The van der Waals surface area contributed by atoms with Gasteiger partial charge in [0.25, 0.3) is 5.91 Å². The molecule has 2 aromatic rings. The topological polar surface area (TPSA) is 73.6 Å². The minimum Gasteiger partial charge on any atom is -0.357 e. The van der Waals surface area contributed by atoms with Crippen LogP contribution in [0.3, 0.4) is 0 Å². The van der Waals surface area contributed by atoms with Crippen LogP contribution in [0.5, 0.6) is 0 Å². The van der Waals surface area contributed by atoms with Gasteiger partial charge in [-0.1, -0.05) is 0 Å². The highest BCUT2D eigenvalue weighted by Gasteiger charge is 2.05. The monoisotopic (exact) mass is 176 g/mol. The molecule has 3 N–H and O–H groups in total.